The molecule has 0 heterocycles. The van der Waals surface area contributed by atoms with Crippen LogP contribution in [0.25, 0.3) is 0 Å². The van der Waals surface area contributed by atoms with Crippen molar-refractivity contribution >= 4 is 0 Å². The van der Waals surface area contributed by atoms with E-state index in [4.69, 9.17) is 19.3 Å². The fourth-order valence-corrected chi connectivity index (χ4v) is 2.70. The third-order valence-electron chi connectivity index (χ3n) is 4.14. The van der Waals surface area contributed by atoms with E-state index in [0.29, 0.717) is 24.5 Å². The Bertz CT molecular complexity index is 442. The zero-order valence-electron chi connectivity index (χ0n) is 13.8. The molecule has 0 aliphatic heterocycles. The van der Waals surface area contributed by atoms with Crippen LogP contribution in [-0.2, 0) is 4.74 Å². The molecule has 22 heavy (non-hydrogen) atoms. The average Bonchev–Trinajstić information content (AvgIpc) is 2.48. The van der Waals surface area contributed by atoms with Crippen molar-refractivity contribution in [2.24, 2.45) is 11.8 Å². The van der Waals surface area contributed by atoms with Crippen LogP contribution < -0.4 is 9.47 Å². The average molecular weight is 308 g/mol. The molecule has 1 aliphatic rings. The van der Waals surface area contributed by atoms with Crippen LogP contribution in [-0.4, -0.2) is 37.6 Å². The highest BCUT2D eigenvalue weighted by Crippen LogP contribution is 2.29. The number of benzene rings is 1. The summed E-state index contributed by atoms with van der Waals surface area (Å²) < 4.78 is 17.0. The maximum Gasteiger partial charge on any atom is 0.123 e. The van der Waals surface area contributed by atoms with Gasteiger partial charge in [-0.05, 0) is 30.4 Å². The zero-order chi connectivity index (χ0) is 15.9. The molecule has 2 atom stereocenters. The van der Waals surface area contributed by atoms with Crippen molar-refractivity contribution in [1.29, 1.82) is 0 Å². The molecule has 1 fully saturated rings. The van der Waals surface area contributed by atoms with Gasteiger partial charge in [-0.15, -0.1) is 0 Å². The Labute approximate surface area is 133 Å². The van der Waals surface area contributed by atoms with Crippen molar-refractivity contribution < 1.29 is 19.3 Å². The van der Waals surface area contributed by atoms with Crippen LogP contribution in [0, 0.1) is 11.8 Å². The van der Waals surface area contributed by atoms with Gasteiger partial charge in [0.2, 0.25) is 0 Å². The van der Waals surface area contributed by atoms with E-state index in [0.717, 1.165) is 30.8 Å². The van der Waals surface area contributed by atoms with Crippen LogP contribution in [0.4, 0.5) is 0 Å². The smallest absolute Gasteiger partial charge is 0.123 e. The number of ether oxygens (including phenoxy) is 3. The van der Waals surface area contributed by atoms with E-state index in [1.54, 1.807) is 7.11 Å². The molecule has 124 valence electrons. The second kappa shape index (κ2) is 8.39. The molecule has 1 N–H and O–H groups in total. The van der Waals surface area contributed by atoms with Crippen molar-refractivity contribution in [2.75, 3.05) is 20.3 Å². The highest BCUT2D eigenvalue weighted by Gasteiger charge is 2.30. The van der Waals surface area contributed by atoms with E-state index in [1.165, 1.54) is 0 Å². The van der Waals surface area contributed by atoms with Crippen LogP contribution in [0.5, 0.6) is 11.5 Å². The summed E-state index contributed by atoms with van der Waals surface area (Å²) in [6, 6.07) is 7.82. The van der Waals surface area contributed by atoms with Gasteiger partial charge >= 0.3 is 0 Å². The summed E-state index contributed by atoms with van der Waals surface area (Å²) in [7, 11) is 1.74. The van der Waals surface area contributed by atoms with Gasteiger partial charge in [-0.25, -0.2) is 0 Å². The fraction of sp³-hybridized carbons (Fsp3) is 0.667. The first-order valence-corrected chi connectivity index (χ1v) is 8.13. The maximum atomic E-state index is 9.09. The van der Waals surface area contributed by atoms with Gasteiger partial charge in [0.1, 0.15) is 17.6 Å². The normalized spacial score (nSPS) is 23.5. The third-order valence-corrected chi connectivity index (χ3v) is 4.14. The lowest BCUT2D eigenvalue weighted by molar-refractivity contribution is -0.0381. The Hall–Kier alpha value is -1.26. The van der Waals surface area contributed by atoms with Gasteiger partial charge in [0.05, 0.1) is 12.7 Å². The predicted octanol–water partition coefficient (Wildman–Crippen LogP) is 3.28. The van der Waals surface area contributed by atoms with E-state index in [2.05, 4.69) is 13.8 Å². The molecule has 1 aromatic carbocycles. The molecule has 0 aromatic heterocycles. The summed E-state index contributed by atoms with van der Waals surface area (Å²) in [6.45, 7) is 5.09. The molecule has 4 heteroatoms. The van der Waals surface area contributed by atoms with Crippen molar-refractivity contribution in [3.63, 3.8) is 0 Å². The topological polar surface area (TPSA) is 47.9 Å². The minimum Gasteiger partial charge on any atom is -0.493 e. The highest BCUT2D eigenvalue weighted by molar-refractivity contribution is 5.33. The van der Waals surface area contributed by atoms with Gasteiger partial charge in [-0.1, -0.05) is 19.9 Å². The molecule has 0 saturated heterocycles. The number of aliphatic hydroxyl groups excluding tert-OH is 1. The van der Waals surface area contributed by atoms with Crippen LogP contribution >= 0.6 is 0 Å². The first kappa shape index (κ1) is 17.1. The van der Waals surface area contributed by atoms with Gasteiger partial charge in [-0.3, -0.25) is 0 Å². The molecular formula is C18H28O4. The van der Waals surface area contributed by atoms with Crippen molar-refractivity contribution in [3.05, 3.63) is 24.3 Å². The van der Waals surface area contributed by atoms with Crippen LogP contribution in [0.2, 0.25) is 0 Å². The van der Waals surface area contributed by atoms with Crippen LogP contribution in [0.3, 0.4) is 0 Å². The van der Waals surface area contributed by atoms with Gasteiger partial charge in [0.15, 0.2) is 0 Å². The Balaban J connectivity index is 1.76. The van der Waals surface area contributed by atoms with E-state index in [9.17, 15) is 0 Å². The largest absolute Gasteiger partial charge is 0.493 e. The molecule has 1 aliphatic carbocycles. The number of hydrogen-bond acceptors (Lipinski definition) is 4. The Morgan fingerprint density at radius 3 is 2.55 bits per heavy atom. The summed E-state index contributed by atoms with van der Waals surface area (Å²) in [6.07, 6.45) is 3.48. The number of hydrogen-bond donors (Lipinski definition) is 1. The summed E-state index contributed by atoms with van der Waals surface area (Å²) in [5, 5.41) is 9.09. The lowest BCUT2D eigenvalue weighted by Gasteiger charge is -2.34. The minimum absolute atomic E-state index is 0.234. The molecule has 2 rings (SSSR count). The number of aliphatic hydroxyl groups is 1. The summed E-state index contributed by atoms with van der Waals surface area (Å²) >= 11 is 0. The van der Waals surface area contributed by atoms with E-state index < -0.39 is 0 Å². The molecule has 0 bridgehead atoms. The maximum absolute atomic E-state index is 9.09. The third kappa shape index (κ3) is 5.18. The first-order chi connectivity index (χ1) is 10.6. The van der Waals surface area contributed by atoms with Crippen LogP contribution in [0.15, 0.2) is 24.3 Å². The molecule has 4 nitrogen and oxygen atoms in total. The van der Waals surface area contributed by atoms with Crippen molar-refractivity contribution in [3.8, 4) is 11.5 Å². The highest BCUT2D eigenvalue weighted by atomic mass is 16.5. The Kier molecular flexibility index (Phi) is 6.52. The SMILES string of the molecule is COC1CC(Oc2cccc(OCC(C)CC(C)CO)c2)C1. The number of rotatable bonds is 9. The standard InChI is InChI=1S/C18H28O4/c1-13(11-19)7-14(2)12-21-15-5-4-6-16(8-15)22-18-9-17(10-18)20-3/h4-6,8,13-14,17-19H,7,9-12H2,1-3H3. The molecule has 0 spiro atoms. The van der Waals surface area contributed by atoms with Crippen molar-refractivity contribution in [1.82, 2.24) is 0 Å². The number of methoxy groups -OCH3 is 1. The molecule has 1 aromatic rings. The molecule has 2 unspecified atom stereocenters. The zero-order valence-corrected chi connectivity index (χ0v) is 13.8. The van der Waals surface area contributed by atoms with E-state index in [1.807, 2.05) is 24.3 Å². The van der Waals surface area contributed by atoms with Gasteiger partial charge < -0.3 is 19.3 Å². The molecule has 0 amide bonds. The fourth-order valence-electron chi connectivity index (χ4n) is 2.70. The first-order valence-electron chi connectivity index (χ1n) is 8.13. The van der Waals surface area contributed by atoms with Gasteiger partial charge in [0, 0.05) is 32.6 Å². The van der Waals surface area contributed by atoms with E-state index in [-0.39, 0.29) is 12.7 Å². The lowest BCUT2D eigenvalue weighted by Crippen LogP contribution is -2.38. The Morgan fingerprint density at radius 1 is 1.14 bits per heavy atom. The van der Waals surface area contributed by atoms with Gasteiger partial charge in [0.25, 0.3) is 0 Å². The van der Waals surface area contributed by atoms with Crippen LogP contribution in [0.1, 0.15) is 33.1 Å². The molecular weight excluding hydrogens is 280 g/mol. The quantitative estimate of drug-likeness (QED) is 0.760. The Morgan fingerprint density at radius 2 is 1.86 bits per heavy atom. The van der Waals surface area contributed by atoms with E-state index >= 15 is 0 Å². The predicted molar refractivity (Wildman–Crippen MR) is 86.4 cm³/mol. The monoisotopic (exact) mass is 308 g/mol. The second-order valence-corrected chi connectivity index (χ2v) is 6.48. The summed E-state index contributed by atoms with van der Waals surface area (Å²) in [5.74, 6) is 2.43. The molecule has 1 saturated carbocycles. The lowest BCUT2D eigenvalue weighted by atomic mass is 9.92. The van der Waals surface area contributed by atoms with Gasteiger partial charge in [-0.2, -0.15) is 0 Å². The summed E-state index contributed by atoms with van der Waals surface area (Å²) in [4.78, 5) is 0. The molecule has 0 radical (unpaired) electrons. The second-order valence-electron chi connectivity index (χ2n) is 6.48. The summed E-state index contributed by atoms with van der Waals surface area (Å²) in [5.41, 5.74) is 0. The minimum atomic E-state index is 0.234. The van der Waals surface area contributed by atoms with Crippen molar-refractivity contribution in [2.45, 2.75) is 45.3 Å².